The number of carbonyl (C=O) groups excluding carboxylic acids is 2. The molecule has 2 fully saturated rings. The van der Waals surface area contributed by atoms with E-state index in [-0.39, 0.29) is 22.4 Å². The fourth-order valence-corrected chi connectivity index (χ4v) is 5.68. The van der Waals surface area contributed by atoms with Crippen molar-refractivity contribution in [2.45, 2.75) is 86.0 Å². The number of Topliss-reactive ketones (excluding diaryl/α,β-unsaturated/α-hetero) is 2. The molecular formula is C26H42N4O2S4. The Morgan fingerprint density at radius 3 is 1.69 bits per heavy atom. The van der Waals surface area contributed by atoms with Gasteiger partial charge in [0.1, 0.15) is 21.5 Å². The lowest BCUT2D eigenvalue weighted by molar-refractivity contribution is -0.124. The highest BCUT2D eigenvalue weighted by molar-refractivity contribution is 7.82. The average molecular weight is 571 g/mol. The molecule has 0 spiro atoms. The van der Waals surface area contributed by atoms with Gasteiger partial charge in [0, 0.05) is 45.3 Å². The van der Waals surface area contributed by atoms with E-state index in [1.807, 2.05) is 4.90 Å². The zero-order valence-electron chi connectivity index (χ0n) is 22.5. The summed E-state index contributed by atoms with van der Waals surface area (Å²) in [5.74, 6) is 0.338. The Balaban J connectivity index is 1.64. The van der Waals surface area contributed by atoms with Gasteiger partial charge in [0.15, 0.2) is 10.2 Å². The van der Waals surface area contributed by atoms with Gasteiger partial charge in [-0.3, -0.25) is 9.59 Å². The molecule has 0 aromatic rings. The zero-order chi connectivity index (χ0) is 27.1. The van der Waals surface area contributed by atoms with Crippen molar-refractivity contribution in [3.63, 3.8) is 0 Å². The van der Waals surface area contributed by atoms with Crippen molar-refractivity contribution in [1.29, 1.82) is 0 Å². The quantitative estimate of drug-likeness (QED) is 0.255. The van der Waals surface area contributed by atoms with Gasteiger partial charge in [0.25, 0.3) is 0 Å². The summed E-state index contributed by atoms with van der Waals surface area (Å²) < 4.78 is 0. The third-order valence-corrected chi connectivity index (χ3v) is 8.87. The van der Waals surface area contributed by atoms with Crippen molar-refractivity contribution < 1.29 is 9.59 Å². The van der Waals surface area contributed by atoms with Gasteiger partial charge in [0.05, 0.1) is 13.1 Å². The van der Waals surface area contributed by atoms with E-state index in [1.54, 1.807) is 0 Å². The molecular weight excluding hydrogens is 529 g/mol. The topological polar surface area (TPSA) is 55.9 Å². The van der Waals surface area contributed by atoms with E-state index in [0.717, 1.165) is 67.0 Å². The molecule has 2 aliphatic rings. The number of hydrogen-bond acceptors (Lipinski definition) is 6. The zero-order valence-corrected chi connectivity index (χ0v) is 25.7. The van der Waals surface area contributed by atoms with Gasteiger partial charge >= 0.3 is 0 Å². The van der Waals surface area contributed by atoms with Crippen molar-refractivity contribution >= 4 is 80.6 Å². The number of nitrogens with zero attached hydrogens (tertiary/aromatic N) is 3. The van der Waals surface area contributed by atoms with Crippen LogP contribution in [0.1, 0.15) is 86.0 Å². The van der Waals surface area contributed by atoms with E-state index >= 15 is 0 Å². The Kier molecular flexibility index (Phi) is 11.8. The molecule has 2 saturated heterocycles. The third-order valence-electron chi connectivity index (χ3n) is 7.32. The number of hydrogen-bond donors (Lipinski definition) is 1. The SMILES string of the molecule is CCN1CC(=S)N(CCC(C)(C)CCC(=O)CCC(=O)CCC(C)(C)CCN2C(=S)CNC2=S)C1=S. The fraction of sp³-hybridized carbons (Fsp3) is 0.769. The van der Waals surface area contributed by atoms with Crippen LogP contribution in [0.4, 0.5) is 0 Å². The number of nitrogens with one attached hydrogen (secondary N) is 1. The summed E-state index contributed by atoms with van der Waals surface area (Å²) in [5.41, 5.74) is 0.00961. The Morgan fingerprint density at radius 2 is 1.28 bits per heavy atom. The van der Waals surface area contributed by atoms with Crippen LogP contribution < -0.4 is 5.32 Å². The minimum Gasteiger partial charge on any atom is -0.356 e. The fourth-order valence-electron chi connectivity index (χ4n) is 4.31. The maximum Gasteiger partial charge on any atom is 0.176 e. The molecule has 36 heavy (non-hydrogen) atoms. The maximum absolute atomic E-state index is 12.5. The van der Waals surface area contributed by atoms with Crippen LogP contribution in [0.3, 0.4) is 0 Å². The average Bonchev–Trinajstić information content (AvgIpc) is 3.28. The van der Waals surface area contributed by atoms with Crippen LogP contribution in [0.2, 0.25) is 0 Å². The molecule has 0 radical (unpaired) electrons. The van der Waals surface area contributed by atoms with E-state index in [0.29, 0.717) is 37.3 Å². The molecule has 2 aliphatic heterocycles. The van der Waals surface area contributed by atoms with Crippen molar-refractivity contribution in [2.24, 2.45) is 10.8 Å². The largest absolute Gasteiger partial charge is 0.356 e. The second-order valence-electron chi connectivity index (χ2n) is 11.5. The Bertz CT molecular complexity index is 871. The number of thiocarbonyl (C=S) groups is 4. The van der Waals surface area contributed by atoms with Crippen LogP contribution in [-0.4, -0.2) is 79.2 Å². The van der Waals surface area contributed by atoms with Crippen LogP contribution in [0, 0.1) is 10.8 Å². The lowest BCUT2D eigenvalue weighted by Crippen LogP contribution is -2.35. The monoisotopic (exact) mass is 570 g/mol. The summed E-state index contributed by atoms with van der Waals surface area (Å²) in [6.45, 7) is 14.6. The van der Waals surface area contributed by atoms with Crippen LogP contribution in [-0.2, 0) is 9.59 Å². The smallest absolute Gasteiger partial charge is 0.176 e. The minimum atomic E-state index is 0.00402. The third kappa shape index (κ3) is 9.65. The van der Waals surface area contributed by atoms with Gasteiger partial charge in [-0.1, -0.05) is 52.1 Å². The van der Waals surface area contributed by atoms with Crippen molar-refractivity contribution in [1.82, 2.24) is 20.0 Å². The van der Waals surface area contributed by atoms with Gasteiger partial charge in [-0.25, -0.2) is 0 Å². The molecule has 0 aliphatic carbocycles. The molecule has 0 atom stereocenters. The molecule has 0 amide bonds. The Morgan fingerprint density at radius 1 is 0.778 bits per heavy atom. The molecule has 0 unspecified atom stereocenters. The molecule has 0 aromatic heterocycles. The number of rotatable bonds is 16. The highest BCUT2D eigenvalue weighted by atomic mass is 32.1. The Hall–Kier alpha value is -1.10. The van der Waals surface area contributed by atoms with Gasteiger partial charge in [-0.15, -0.1) is 0 Å². The predicted molar refractivity (Wildman–Crippen MR) is 164 cm³/mol. The van der Waals surface area contributed by atoms with Gasteiger partial charge in [0.2, 0.25) is 0 Å². The second-order valence-corrected chi connectivity index (χ2v) is 13.1. The van der Waals surface area contributed by atoms with E-state index in [9.17, 15) is 9.59 Å². The molecule has 10 heteroatoms. The standard InChI is InChI=1S/C26H42N4O2S4/c1-6-28-18-22(34)30(24(28)36)16-14-26(4,5)12-10-20(32)8-7-19(31)9-11-25(2,3)13-15-29-21(33)17-27-23(29)35/h6-18H2,1-5H3,(H,27,35). The molecule has 2 rings (SSSR count). The van der Waals surface area contributed by atoms with Crippen LogP contribution in [0.15, 0.2) is 0 Å². The second kappa shape index (κ2) is 13.6. The number of carbonyl (C=O) groups is 2. The molecule has 0 bridgehead atoms. The number of likely N-dealkylation sites (N-methyl/N-ethyl adjacent to an activating group) is 1. The summed E-state index contributed by atoms with van der Waals surface area (Å²) in [4.78, 5) is 32.8. The van der Waals surface area contributed by atoms with Crippen LogP contribution >= 0.6 is 48.9 Å². The first-order valence-corrected chi connectivity index (χ1v) is 14.6. The summed E-state index contributed by atoms with van der Waals surface area (Å²) in [6, 6.07) is 0. The molecule has 0 aromatic carbocycles. The number of ketones is 2. The first-order chi connectivity index (χ1) is 16.7. The first-order valence-electron chi connectivity index (χ1n) is 13.0. The first kappa shape index (κ1) is 31.1. The lowest BCUT2D eigenvalue weighted by Gasteiger charge is -2.28. The van der Waals surface area contributed by atoms with Crippen molar-refractivity contribution in [3.8, 4) is 0 Å². The van der Waals surface area contributed by atoms with Gasteiger partial charge in [-0.2, -0.15) is 0 Å². The summed E-state index contributed by atoms with van der Waals surface area (Å²) in [5, 5.41) is 4.61. The molecule has 202 valence electrons. The normalized spacial score (nSPS) is 16.9. The van der Waals surface area contributed by atoms with E-state index in [1.165, 1.54) is 0 Å². The van der Waals surface area contributed by atoms with E-state index < -0.39 is 0 Å². The lowest BCUT2D eigenvalue weighted by atomic mass is 9.82. The Labute approximate surface area is 238 Å². The predicted octanol–water partition coefficient (Wildman–Crippen LogP) is 5.07. The minimum absolute atomic E-state index is 0.00402. The van der Waals surface area contributed by atoms with Crippen LogP contribution in [0.5, 0.6) is 0 Å². The summed E-state index contributed by atoms with van der Waals surface area (Å²) in [7, 11) is 0. The van der Waals surface area contributed by atoms with Crippen LogP contribution in [0.25, 0.3) is 0 Å². The maximum atomic E-state index is 12.5. The van der Waals surface area contributed by atoms with Crippen molar-refractivity contribution in [3.05, 3.63) is 0 Å². The molecule has 2 heterocycles. The van der Waals surface area contributed by atoms with E-state index in [4.69, 9.17) is 48.9 Å². The highest BCUT2D eigenvalue weighted by Crippen LogP contribution is 2.30. The van der Waals surface area contributed by atoms with E-state index in [2.05, 4.69) is 49.7 Å². The summed E-state index contributed by atoms with van der Waals surface area (Å²) in [6.07, 6.45) is 5.09. The molecule has 1 N–H and O–H groups in total. The van der Waals surface area contributed by atoms with Crippen molar-refractivity contribution in [2.75, 3.05) is 32.7 Å². The molecule has 6 nitrogen and oxygen atoms in total. The highest BCUT2D eigenvalue weighted by Gasteiger charge is 2.30. The van der Waals surface area contributed by atoms with Gasteiger partial charge in [-0.05, 0) is 67.9 Å². The van der Waals surface area contributed by atoms with Gasteiger partial charge < -0.3 is 20.0 Å². The molecule has 0 saturated carbocycles. The summed E-state index contributed by atoms with van der Waals surface area (Å²) >= 11 is 21.7.